The minimum atomic E-state index is -3.44. The van der Waals surface area contributed by atoms with E-state index in [2.05, 4.69) is 0 Å². The molecule has 1 aliphatic rings. The molecule has 108 valence electrons. The van der Waals surface area contributed by atoms with Gasteiger partial charge in [0, 0.05) is 11.9 Å². The second kappa shape index (κ2) is 5.24. The Labute approximate surface area is 129 Å². The first kappa shape index (κ1) is 14.2. The number of nitrogens with zero attached hydrogens (tertiary/aromatic N) is 1. The Morgan fingerprint density at radius 2 is 1.71 bits per heavy atom. The molecule has 0 radical (unpaired) electrons. The Morgan fingerprint density at radius 1 is 1.05 bits per heavy atom. The van der Waals surface area contributed by atoms with Crippen LogP contribution >= 0.6 is 11.8 Å². The fraction of sp³-hybridized carbons (Fsp3) is 0.125. The van der Waals surface area contributed by atoms with Gasteiger partial charge in [0.1, 0.15) is 0 Å². The molecule has 0 amide bonds. The maximum absolute atomic E-state index is 12.5. The van der Waals surface area contributed by atoms with Crippen LogP contribution in [0.4, 0.5) is 5.69 Å². The van der Waals surface area contributed by atoms with Crippen LogP contribution in [0.5, 0.6) is 0 Å². The highest BCUT2D eigenvalue weighted by Gasteiger charge is 2.24. The highest BCUT2D eigenvalue weighted by Crippen LogP contribution is 2.45. The molecule has 3 nitrogen and oxygen atoms in total. The molecule has 0 saturated carbocycles. The number of fused-ring (bicyclic) bond motifs is 1. The minimum Gasteiger partial charge on any atom is -0.338 e. The van der Waals surface area contributed by atoms with Crippen molar-refractivity contribution in [2.75, 3.05) is 11.9 Å². The fourth-order valence-electron chi connectivity index (χ4n) is 2.15. The van der Waals surface area contributed by atoms with Crippen LogP contribution in [0, 0.1) is 6.92 Å². The molecule has 21 heavy (non-hydrogen) atoms. The number of anilines is 1. The summed E-state index contributed by atoms with van der Waals surface area (Å²) in [5.74, 6) is 0. The van der Waals surface area contributed by atoms with Gasteiger partial charge in [-0.05, 0) is 31.2 Å². The quantitative estimate of drug-likeness (QED) is 0.844. The third-order valence-electron chi connectivity index (χ3n) is 3.38. The molecule has 3 rings (SSSR count). The SMILES string of the molecule is Cc1ccc(S(=O)(=O)C=C2Sc3ccccc3N2C)cc1. The molecule has 0 spiro atoms. The van der Waals surface area contributed by atoms with Crippen LogP contribution in [0.2, 0.25) is 0 Å². The number of sulfone groups is 1. The molecule has 1 aliphatic heterocycles. The van der Waals surface area contributed by atoms with E-state index in [-0.39, 0.29) is 0 Å². The molecule has 0 aliphatic carbocycles. The standard InChI is InChI=1S/C16H15NO2S2/c1-12-7-9-13(10-8-12)21(18,19)11-16-17(2)14-5-3-4-6-15(14)20-16/h3-11H,1-2H3. The third-order valence-corrected chi connectivity index (χ3v) is 6.16. The van der Waals surface area contributed by atoms with Crippen molar-refractivity contribution in [2.24, 2.45) is 0 Å². The third kappa shape index (κ3) is 2.71. The summed E-state index contributed by atoms with van der Waals surface area (Å²) in [4.78, 5) is 3.31. The highest BCUT2D eigenvalue weighted by atomic mass is 32.2. The van der Waals surface area contributed by atoms with Crippen LogP contribution in [0.25, 0.3) is 0 Å². The Bertz CT molecular complexity index is 808. The van der Waals surface area contributed by atoms with Gasteiger partial charge in [0.05, 0.1) is 21.0 Å². The first-order valence-corrected chi connectivity index (χ1v) is 8.88. The Balaban J connectivity index is 1.98. The zero-order valence-electron chi connectivity index (χ0n) is 11.8. The van der Waals surface area contributed by atoms with E-state index in [0.717, 1.165) is 21.2 Å². The van der Waals surface area contributed by atoms with Gasteiger partial charge in [0.25, 0.3) is 0 Å². The fourth-order valence-corrected chi connectivity index (χ4v) is 4.72. The maximum Gasteiger partial charge on any atom is 0.202 e. The highest BCUT2D eigenvalue weighted by molar-refractivity contribution is 8.05. The second-order valence-electron chi connectivity index (χ2n) is 4.94. The Kier molecular flexibility index (Phi) is 3.55. The van der Waals surface area contributed by atoms with Crippen LogP contribution in [-0.4, -0.2) is 15.5 Å². The second-order valence-corrected chi connectivity index (χ2v) is 7.80. The van der Waals surface area contributed by atoms with Gasteiger partial charge in [-0.1, -0.05) is 41.6 Å². The topological polar surface area (TPSA) is 37.4 Å². The molecule has 0 bridgehead atoms. The Morgan fingerprint density at radius 3 is 2.38 bits per heavy atom. The van der Waals surface area contributed by atoms with Gasteiger partial charge in [-0.3, -0.25) is 0 Å². The lowest BCUT2D eigenvalue weighted by Crippen LogP contribution is -2.11. The van der Waals surface area contributed by atoms with Crippen LogP contribution < -0.4 is 4.90 Å². The zero-order valence-corrected chi connectivity index (χ0v) is 13.4. The van der Waals surface area contributed by atoms with E-state index < -0.39 is 9.84 Å². The number of thioether (sulfide) groups is 1. The Hall–Kier alpha value is -1.72. The van der Waals surface area contributed by atoms with Gasteiger partial charge < -0.3 is 4.90 Å². The summed E-state index contributed by atoms with van der Waals surface area (Å²) in [6, 6.07) is 14.8. The molecule has 0 N–H and O–H groups in total. The number of hydrogen-bond donors (Lipinski definition) is 0. The van der Waals surface area contributed by atoms with E-state index >= 15 is 0 Å². The lowest BCUT2D eigenvalue weighted by Gasteiger charge is -2.13. The number of hydrogen-bond acceptors (Lipinski definition) is 4. The first-order valence-electron chi connectivity index (χ1n) is 6.51. The summed E-state index contributed by atoms with van der Waals surface area (Å²) >= 11 is 1.48. The lowest BCUT2D eigenvalue weighted by atomic mass is 10.2. The predicted molar refractivity (Wildman–Crippen MR) is 87.1 cm³/mol. The van der Waals surface area contributed by atoms with Crippen molar-refractivity contribution in [1.29, 1.82) is 0 Å². The smallest absolute Gasteiger partial charge is 0.202 e. The zero-order chi connectivity index (χ0) is 15.0. The normalized spacial score (nSPS) is 16.3. The van der Waals surface area contributed by atoms with Crippen molar-refractivity contribution in [3.63, 3.8) is 0 Å². The number of para-hydroxylation sites is 1. The number of aryl methyl sites for hydroxylation is 1. The van der Waals surface area contributed by atoms with Crippen molar-refractivity contribution in [2.45, 2.75) is 16.7 Å². The molecule has 0 aromatic heterocycles. The molecule has 2 aromatic carbocycles. The van der Waals surface area contributed by atoms with E-state index in [9.17, 15) is 8.42 Å². The van der Waals surface area contributed by atoms with Gasteiger partial charge in [-0.2, -0.15) is 0 Å². The summed E-state index contributed by atoms with van der Waals surface area (Å²) in [6.07, 6.45) is 0. The van der Waals surface area contributed by atoms with Gasteiger partial charge in [0.15, 0.2) is 0 Å². The van der Waals surface area contributed by atoms with E-state index in [0.29, 0.717) is 4.90 Å². The van der Waals surface area contributed by atoms with E-state index in [1.54, 1.807) is 12.1 Å². The molecule has 0 unspecified atom stereocenters. The number of rotatable bonds is 2. The van der Waals surface area contributed by atoms with Crippen molar-refractivity contribution >= 4 is 27.3 Å². The molecule has 1 heterocycles. The molecular formula is C16H15NO2S2. The largest absolute Gasteiger partial charge is 0.338 e. The average Bonchev–Trinajstić information content (AvgIpc) is 2.76. The summed E-state index contributed by atoms with van der Waals surface area (Å²) < 4.78 is 25.0. The van der Waals surface area contributed by atoms with Crippen molar-refractivity contribution in [3.05, 3.63) is 64.5 Å². The van der Waals surface area contributed by atoms with Gasteiger partial charge in [-0.15, -0.1) is 0 Å². The van der Waals surface area contributed by atoms with Gasteiger partial charge in [0.2, 0.25) is 9.84 Å². The molecule has 0 atom stereocenters. The van der Waals surface area contributed by atoms with E-state index in [1.165, 1.54) is 17.2 Å². The molecular weight excluding hydrogens is 302 g/mol. The lowest BCUT2D eigenvalue weighted by molar-refractivity contribution is 0.604. The summed E-state index contributed by atoms with van der Waals surface area (Å²) in [6.45, 7) is 1.94. The van der Waals surface area contributed by atoms with E-state index in [4.69, 9.17) is 0 Å². The number of benzene rings is 2. The maximum atomic E-state index is 12.5. The van der Waals surface area contributed by atoms with Gasteiger partial charge in [-0.25, -0.2) is 8.42 Å². The van der Waals surface area contributed by atoms with Crippen LogP contribution in [0.1, 0.15) is 5.56 Å². The molecule has 0 saturated heterocycles. The van der Waals surface area contributed by atoms with Gasteiger partial charge >= 0.3 is 0 Å². The van der Waals surface area contributed by atoms with Crippen molar-refractivity contribution in [1.82, 2.24) is 0 Å². The first-order chi connectivity index (χ1) is 9.97. The summed E-state index contributed by atoms with van der Waals surface area (Å²) in [5.41, 5.74) is 2.08. The van der Waals surface area contributed by atoms with Crippen LogP contribution in [-0.2, 0) is 9.84 Å². The van der Waals surface area contributed by atoms with Crippen molar-refractivity contribution in [3.8, 4) is 0 Å². The van der Waals surface area contributed by atoms with E-state index in [1.807, 2.05) is 55.3 Å². The predicted octanol–water partition coefficient (Wildman–Crippen LogP) is 3.81. The van der Waals surface area contributed by atoms with Crippen LogP contribution in [0.3, 0.4) is 0 Å². The van der Waals surface area contributed by atoms with Crippen molar-refractivity contribution < 1.29 is 8.42 Å². The molecule has 5 heteroatoms. The molecule has 2 aromatic rings. The monoisotopic (exact) mass is 317 g/mol. The summed E-state index contributed by atoms with van der Waals surface area (Å²) in [7, 11) is -1.55. The minimum absolute atomic E-state index is 0.325. The molecule has 0 fully saturated rings. The average molecular weight is 317 g/mol. The van der Waals surface area contributed by atoms with Crippen LogP contribution in [0.15, 0.2) is 68.8 Å². The summed E-state index contributed by atoms with van der Waals surface area (Å²) in [5, 5.41) is 2.07.